The summed E-state index contributed by atoms with van der Waals surface area (Å²) in [5, 5.41) is 11.5. The smallest absolute Gasteiger partial charge is 0.0908 e. The molecule has 12 aromatic rings. The van der Waals surface area contributed by atoms with Crippen LogP contribution in [0.5, 0.6) is 0 Å². The average molecular weight is 923 g/mol. The number of aromatic nitrogens is 5. The van der Waals surface area contributed by atoms with Gasteiger partial charge in [-0.15, -0.1) is 56.7 Å². The lowest BCUT2D eigenvalue weighted by molar-refractivity contribution is 1.32. The van der Waals surface area contributed by atoms with Crippen LogP contribution >= 0.6 is 68.3 Å². The minimum atomic E-state index is 0.779. The van der Waals surface area contributed by atoms with Crippen LogP contribution in [0.25, 0.3) is 72.6 Å². The van der Waals surface area contributed by atoms with E-state index in [2.05, 4.69) is 170 Å². The summed E-state index contributed by atoms with van der Waals surface area (Å²) in [6.45, 7) is 16.6. The minimum Gasteiger partial charge on any atom is -0.242 e. The Kier molecular flexibility index (Phi) is 13.3. The Morgan fingerprint density at radius 1 is 0.355 bits per heavy atom. The number of hydrogen-bond donors (Lipinski definition) is 0. The highest BCUT2D eigenvalue weighted by Crippen LogP contribution is 2.30. The van der Waals surface area contributed by atoms with Gasteiger partial charge < -0.3 is 0 Å². The second-order valence-corrected chi connectivity index (χ2v) is 21.6. The van der Waals surface area contributed by atoms with Crippen molar-refractivity contribution in [2.45, 2.75) is 55.4 Å². The molecule has 0 unspecified atom stereocenters. The summed E-state index contributed by atoms with van der Waals surface area (Å²) in [5.74, 6) is 0. The lowest BCUT2D eigenvalue weighted by atomic mass is 10.1. The lowest BCUT2D eigenvalue weighted by Gasteiger charge is -1.96. The van der Waals surface area contributed by atoms with Gasteiger partial charge in [-0.05, 0) is 149 Å². The zero-order valence-electron chi connectivity index (χ0n) is 35.7. The maximum Gasteiger partial charge on any atom is 0.0908 e. The minimum absolute atomic E-state index is 0.779. The first-order chi connectivity index (χ1) is 29.8. The molecule has 0 N–H and O–H groups in total. The van der Waals surface area contributed by atoms with Crippen molar-refractivity contribution < 1.29 is 0 Å². The third kappa shape index (κ3) is 10.3. The fraction of sp³-hybridized carbons (Fsp3) is 0.157. The van der Waals surface area contributed by atoms with Gasteiger partial charge in [0, 0.05) is 10.4 Å². The Morgan fingerprint density at radius 3 is 1.48 bits per heavy atom. The number of nitrogens with zero attached hydrogens (tertiary/aromatic N) is 5. The van der Waals surface area contributed by atoms with Crippen LogP contribution in [-0.4, -0.2) is 24.9 Å². The van der Waals surface area contributed by atoms with Crippen molar-refractivity contribution in [3.05, 3.63) is 168 Å². The first kappa shape index (κ1) is 43.4. The van der Waals surface area contributed by atoms with Crippen molar-refractivity contribution in [2.24, 2.45) is 0 Å². The largest absolute Gasteiger partial charge is 0.242 e. The highest BCUT2D eigenvalue weighted by Gasteiger charge is 2.05. The summed E-state index contributed by atoms with van der Waals surface area (Å²) in [7, 11) is 0. The van der Waals surface area contributed by atoms with Gasteiger partial charge >= 0.3 is 0 Å². The third-order valence-electron chi connectivity index (χ3n) is 9.97. The van der Waals surface area contributed by atoms with E-state index in [9.17, 15) is 0 Å². The number of thiazole rings is 5. The summed E-state index contributed by atoms with van der Waals surface area (Å²) in [4.78, 5) is 22.2. The summed E-state index contributed by atoms with van der Waals surface area (Å²) >= 11 is 14.5. The SMILES string of the molecule is Cc1ccc2nc(C)sc2c1.Cc1nc2c(ccc3ccccc32)s1.Cc1nc2cc(C)c(C)cc2s1.Cc1nc2cc3ccccc3cc2s1.Cc1nc2ccc(Cl)cc2s1. The molecule has 0 fully saturated rings. The van der Waals surface area contributed by atoms with Gasteiger partial charge in [0.25, 0.3) is 0 Å². The van der Waals surface area contributed by atoms with Gasteiger partial charge in [0.05, 0.1) is 76.1 Å². The van der Waals surface area contributed by atoms with Crippen molar-refractivity contribution in [2.75, 3.05) is 0 Å². The molecule has 11 heteroatoms. The second kappa shape index (κ2) is 19.0. The molecule has 0 aliphatic heterocycles. The van der Waals surface area contributed by atoms with Gasteiger partial charge in [-0.1, -0.05) is 72.3 Å². The average Bonchev–Trinajstić information content (AvgIpc) is 4.07. The molecule has 0 amide bonds. The topological polar surface area (TPSA) is 64.5 Å². The summed E-state index contributed by atoms with van der Waals surface area (Å²) < 4.78 is 6.32. The summed E-state index contributed by atoms with van der Waals surface area (Å²) in [5.41, 5.74) is 9.55. The number of aryl methyl sites for hydroxylation is 8. The molecule has 5 nitrogen and oxygen atoms in total. The van der Waals surface area contributed by atoms with Crippen LogP contribution in [0.4, 0.5) is 0 Å². The molecule has 12 rings (SSSR count). The van der Waals surface area contributed by atoms with Crippen molar-refractivity contribution >= 4 is 141 Å². The Hall–Kier alpha value is -5.20. The molecule has 5 heterocycles. The number of rotatable bonds is 0. The van der Waals surface area contributed by atoms with Crippen LogP contribution in [-0.2, 0) is 0 Å². The van der Waals surface area contributed by atoms with Crippen molar-refractivity contribution in [3.63, 3.8) is 0 Å². The predicted octanol–water partition coefficient (Wildman–Crippen LogP) is 16.9. The van der Waals surface area contributed by atoms with Crippen molar-refractivity contribution in [3.8, 4) is 0 Å². The van der Waals surface area contributed by atoms with Gasteiger partial charge in [-0.25, -0.2) is 24.9 Å². The number of benzene rings is 7. The van der Waals surface area contributed by atoms with E-state index in [0.717, 1.165) is 62.3 Å². The van der Waals surface area contributed by atoms with Crippen LogP contribution in [0, 0.1) is 55.4 Å². The molecular weight excluding hydrogens is 878 g/mol. The van der Waals surface area contributed by atoms with Crippen LogP contribution in [0.15, 0.2) is 121 Å². The van der Waals surface area contributed by atoms with E-state index in [4.69, 9.17) is 11.6 Å². The molecule has 0 aliphatic rings. The van der Waals surface area contributed by atoms with E-state index >= 15 is 0 Å². The standard InChI is InChI=1S/2C12H9NS.C10H11NS.C9H9NS.C8H6ClNS/c1-8-13-11-6-9-4-2-3-5-10(9)7-12(11)14-8;1-8-13-12-10-5-3-2-4-9(10)6-7-11(12)14-8;1-6-4-9-10(5-7(6)2)12-8(3)11-9;1-6-3-4-8-9(5-6)11-7(2)10-8;1-5-10-7-3-2-6(9)4-8(7)11-5/h2*2-7H,1H3;4-5H,1-3H3;3-5H,1-2H3;2-4H,1H3. The first-order valence-corrected chi connectivity index (χ1v) is 24.5. The van der Waals surface area contributed by atoms with Gasteiger partial charge in [-0.3, -0.25) is 0 Å². The zero-order valence-corrected chi connectivity index (χ0v) is 40.5. The lowest BCUT2D eigenvalue weighted by Crippen LogP contribution is -1.79. The highest BCUT2D eigenvalue weighted by molar-refractivity contribution is 7.19. The van der Waals surface area contributed by atoms with Gasteiger partial charge in [-0.2, -0.15) is 0 Å². The fourth-order valence-corrected chi connectivity index (χ4v) is 11.6. The van der Waals surface area contributed by atoms with Gasteiger partial charge in [0.15, 0.2) is 0 Å². The van der Waals surface area contributed by atoms with E-state index in [-0.39, 0.29) is 0 Å². The molecule has 310 valence electrons. The number of halogens is 1. The monoisotopic (exact) mass is 921 g/mol. The Bertz CT molecular complexity index is 3320. The van der Waals surface area contributed by atoms with E-state index in [1.165, 1.54) is 57.0 Å². The maximum atomic E-state index is 5.81. The molecule has 0 saturated heterocycles. The zero-order chi connectivity index (χ0) is 43.5. The molecule has 0 radical (unpaired) electrons. The maximum absolute atomic E-state index is 5.81. The van der Waals surface area contributed by atoms with Crippen LogP contribution in [0.1, 0.15) is 41.7 Å². The van der Waals surface area contributed by atoms with Crippen LogP contribution in [0.3, 0.4) is 0 Å². The molecule has 0 bridgehead atoms. The quantitative estimate of drug-likeness (QED) is 0.152. The molecule has 0 atom stereocenters. The van der Waals surface area contributed by atoms with E-state index < -0.39 is 0 Å². The first-order valence-electron chi connectivity index (χ1n) is 20.1. The second-order valence-electron chi connectivity index (χ2n) is 15.0. The van der Waals surface area contributed by atoms with E-state index in [1.807, 2.05) is 32.0 Å². The highest BCUT2D eigenvalue weighted by atomic mass is 35.5. The van der Waals surface area contributed by atoms with Crippen LogP contribution in [0.2, 0.25) is 5.02 Å². The normalized spacial score (nSPS) is 11.0. The molecule has 0 spiro atoms. The molecule has 7 aromatic carbocycles. The Labute approximate surface area is 386 Å². The van der Waals surface area contributed by atoms with Gasteiger partial charge in [0.1, 0.15) is 0 Å². The van der Waals surface area contributed by atoms with E-state index in [1.54, 1.807) is 56.7 Å². The Balaban J connectivity index is 0.000000107. The molecule has 0 saturated carbocycles. The predicted molar refractivity (Wildman–Crippen MR) is 276 cm³/mol. The van der Waals surface area contributed by atoms with E-state index in [0.29, 0.717) is 0 Å². The number of fused-ring (bicyclic) bond motifs is 8. The Morgan fingerprint density at radius 2 is 0.823 bits per heavy atom. The fourth-order valence-electron chi connectivity index (χ4n) is 6.96. The van der Waals surface area contributed by atoms with Crippen molar-refractivity contribution in [1.29, 1.82) is 0 Å². The molecule has 62 heavy (non-hydrogen) atoms. The summed E-state index contributed by atoms with van der Waals surface area (Å²) in [6.07, 6.45) is 0. The molecular formula is C51H44ClN5S5. The van der Waals surface area contributed by atoms with Crippen LogP contribution < -0.4 is 0 Å². The van der Waals surface area contributed by atoms with Crippen molar-refractivity contribution in [1.82, 2.24) is 24.9 Å². The third-order valence-corrected chi connectivity index (χ3v) is 14.9. The molecule has 0 aliphatic carbocycles. The van der Waals surface area contributed by atoms with Gasteiger partial charge in [0.2, 0.25) is 0 Å². The molecule has 5 aromatic heterocycles. The number of hydrogen-bond acceptors (Lipinski definition) is 10. The summed E-state index contributed by atoms with van der Waals surface area (Å²) in [6, 6.07) is 42.0.